The van der Waals surface area contributed by atoms with Crippen LogP contribution < -0.4 is 0 Å². The van der Waals surface area contributed by atoms with Crippen molar-refractivity contribution < 1.29 is 40.2 Å². The summed E-state index contributed by atoms with van der Waals surface area (Å²) in [6.45, 7) is -0.848. The third kappa shape index (κ3) is 3.67. The molecule has 6 N–H and O–H groups in total. The Balaban J connectivity index is 4.47. The Morgan fingerprint density at radius 3 is 1.94 bits per heavy atom. The lowest BCUT2D eigenvalue weighted by atomic mass is 9.99. The zero-order valence-electron chi connectivity index (χ0n) is 8.59. The molecule has 0 aliphatic rings. The van der Waals surface area contributed by atoms with Gasteiger partial charge in [0.1, 0.15) is 24.4 Å². The second kappa shape index (κ2) is 6.74. The average molecular weight is 240 g/mol. The first-order valence-corrected chi connectivity index (χ1v) is 4.45. The molecule has 0 unspecified atom stereocenters. The summed E-state index contributed by atoms with van der Waals surface area (Å²) in [5, 5.41) is 54.2. The second-order valence-corrected chi connectivity index (χ2v) is 3.19. The van der Waals surface area contributed by atoms with Crippen molar-refractivity contribution >= 4 is 5.97 Å². The summed E-state index contributed by atoms with van der Waals surface area (Å²) < 4.78 is 4.10. The Morgan fingerprint density at radius 1 is 1.06 bits per heavy atom. The lowest BCUT2D eigenvalue weighted by Crippen LogP contribution is -2.52. The molecule has 0 heterocycles. The fraction of sp³-hybridized carbons (Fsp3) is 0.875. The highest BCUT2D eigenvalue weighted by molar-refractivity contribution is 5.75. The number of aliphatic hydroxyl groups is 6. The molecule has 5 atom stereocenters. The molecule has 0 amide bonds. The van der Waals surface area contributed by atoms with E-state index in [4.69, 9.17) is 15.3 Å². The van der Waals surface area contributed by atoms with E-state index in [1.54, 1.807) is 0 Å². The number of rotatable bonds is 6. The third-order valence-corrected chi connectivity index (χ3v) is 2.05. The van der Waals surface area contributed by atoms with E-state index in [9.17, 15) is 20.1 Å². The minimum atomic E-state index is -2.06. The summed E-state index contributed by atoms with van der Waals surface area (Å²) >= 11 is 0. The molecule has 96 valence electrons. The summed E-state index contributed by atoms with van der Waals surface area (Å²) in [6.07, 6.45) is -9.70. The number of methoxy groups -OCH3 is 1. The van der Waals surface area contributed by atoms with Crippen LogP contribution in [0, 0.1) is 0 Å². The number of carbonyl (C=O) groups excluding carboxylic acids is 1. The summed E-state index contributed by atoms with van der Waals surface area (Å²) in [5.41, 5.74) is 0. The van der Waals surface area contributed by atoms with Crippen LogP contribution in [0.15, 0.2) is 0 Å². The molecule has 16 heavy (non-hydrogen) atoms. The average Bonchev–Trinajstić information content (AvgIpc) is 2.32. The maximum atomic E-state index is 10.8. The van der Waals surface area contributed by atoms with Gasteiger partial charge in [-0.25, -0.2) is 4.79 Å². The van der Waals surface area contributed by atoms with Gasteiger partial charge >= 0.3 is 5.97 Å². The third-order valence-electron chi connectivity index (χ3n) is 2.05. The smallest absolute Gasteiger partial charge is 0.337 e. The van der Waals surface area contributed by atoms with Gasteiger partial charge in [-0.1, -0.05) is 0 Å². The van der Waals surface area contributed by atoms with Crippen molar-refractivity contribution in [3.63, 3.8) is 0 Å². The predicted molar refractivity (Wildman–Crippen MR) is 49.1 cm³/mol. The molecule has 0 fully saturated rings. The van der Waals surface area contributed by atoms with Crippen LogP contribution in [-0.4, -0.2) is 80.8 Å². The molecule has 0 bridgehead atoms. The second-order valence-electron chi connectivity index (χ2n) is 3.19. The maximum absolute atomic E-state index is 10.8. The highest BCUT2D eigenvalue weighted by Crippen LogP contribution is 2.09. The van der Waals surface area contributed by atoms with Gasteiger partial charge in [0.25, 0.3) is 0 Å². The van der Waals surface area contributed by atoms with Crippen molar-refractivity contribution in [3.8, 4) is 0 Å². The zero-order chi connectivity index (χ0) is 12.9. The van der Waals surface area contributed by atoms with Crippen LogP contribution >= 0.6 is 0 Å². The zero-order valence-corrected chi connectivity index (χ0v) is 8.59. The quantitative estimate of drug-likeness (QED) is 0.257. The fourth-order valence-corrected chi connectivity index (χ4v) is 0.985. The molecule has 8 heteroatoms. The van der Waals surface area contributed by atoms with Gasteiger partial charge in [0.05, 0.1) is 13.7 Å². The first kappa shape index (κ1) is 15.2. The monoisotopic (exact) mass is 240 g/mol. The van der Waals surface area contributed by atoms with Crippen LogP contribution in [0.3, 0.4) is 0 Å². The van der Waals surface area contributed by atoms with Gasteiger partial charge < -0.3 is 35.4 Å². The first-order chi connectivity index (χ1) is 7.36. The number of hydrogen-bond acceptors (Lipinski definition) is 8. The standard InChI is InChI=1S/C8H16O8/c1-16-8(15)7(14)6(13)5(12)4(11)3(10)2-9/h3-7,9-14H,2H2,1H3/t3-,4-,5-,6-,7+/m1/s1. The molecule has 0 saturated heterocycles. The normalized spacial score (nSPS) is 20.7. The minimum Gasteiger partial charge on any atom is -0.467 e. The Morgan fingerprint density at radius 2 is 1.56 bits per heavy atom. The van der Waals surface area contributed by atoms with Gasteiger partial charge in [-0.05, 0) is 0 Å². The molecule has 0 rings (SSSR count). The summed E-state index contributed by atoms with van der Waals surface area (Å²) in [5.74, 6) is -1.20. The fourth-order valence-electron chi connectivity index (χ4n) is 0.985. The molecule has 8 nitrogen and oxygen atoms in total. The van der Waals surface area contributed by atoms with Gasteiger partial charge in [0.2, 0.25) is 0 Å². The van der Waals surface area contributed by atoms with E-state index in [0.29, 0.717) is 0 Å². The summed E-state index contributed by atoms with van der Waals surface area (Å²) in [6, 6.07) is 0. The minimum absolute atomic E-state index is 0.848. The molecule has 0 aromatic carbocycles. The molecule has 0 aromatic rings. The van der Waals surface area contributed by atoms with Gasteiger partial charge in [0.15, 0.2) is 6.10 Å². The van der Waals surface area contributed by atoms with Crippen LogP contribution in [0.25, 0.3) is 0 Å². The molecule has 0 saturated carbocycles. The Kier molecular flexibility index (Phi) is 6.41. The van der Waals surface area contributed by atoms with Gasteiger partial charge in [0, 0.05) is 0 Å². The van der Waals surface area contributed by atoms with Crippen LogP contribution in [-0.2, 0) is 9.53 Å². The van der Waals surface area contributed by atoms with E-state index in [0.717, 1.165) is 7.11 Å². The van der Waals surface area contributed by atoms with Crippen LogP contribution in [0.1, 0.15) is 0 Å². The van der Waals surface area contributed by atoms with E-state index < -0.39 is 43.1 Å². The highest BCUT2D eigenvalue weighted by atomic mass is 16.5. The van der Waals surface area contributed by atoms with Gasteiger partial charge in [-0.2, -0.15) is 0 Å². The van der Waals surface area contributed by atoms with Gasteiger partial charge in [-0.15, -0.1) is 0 Å². The Bertz CT molecular complexity index is 220. The van der Waals surface area contributed by atoms with E-state index in [1.165, 1.54) is 0 Å². The topological polar surface area (TPSA) is 148 Å². The van der Waals surface area contributed by atoms with E-state index in [2.05, 4.69) is 4.74 Å². The summed E-state index contributed by atoms with van der Waals surface area (Å²) in [7, 11) is 0.962. The first-order valence-electron chi connectivity index (χ1n) is 4.45. The molecule has 0 spiro atoms. The van der Waals surface area contributed by atoms with Crippen molar-refractivity contribution in [3.05, 3.63) is 0 Å². The highest BCUT2D eigenvalue weighted by Gasteiger charge is 2.37. The number of aliphatic hydroxyl groups excluding tert-OH is 6. The maximum Gasteiger partial charge on any atom is 0.337 e. The SMILES string of the molecule is COC(=O)[C@@H](O)[C@H](O)[C@H](O)[C@H](O)[C@H](O)CO. The van der Waals surface area contributed by atoms with E-state index in [1.807, 2.05) is 0 Å². The Labute approximate surface area is 91.3 Å². The molecule has 0 aromatic heterocycles. The van der Waals surface area contributed by atoms with Crippen molar-refractivity contribution in [1.82, 2.24) is 0 Å². The lowest BCUT2D eigenvalue weighted by molar-refractivity contribution is -0.172. The van der Waals surface area contributed by atoms with Crippen LogP contribution in [0.2, 0.25) is 0 Å². The lowest BCUT2D eigenvalue weighted by Gasteiger charge is -2.27. The van der Waals surface area contributed by atoms with Crippen molar-refractivity contribution in [1.29, 1.82) is 0 Å². The predicted octanol–water partition coefficient (Wildman–Crippen LogP) is -4.04. The molecule has 0 aliphatic heterocycles. The number of esters is 1. The van der Waals surface area contributed by atoms with Crippen LogP contribution in [0.4, 0.5) is 0 Å². The van der Waals surface area contributed by atoms with Gasteiger partial charge in [-0.3, -0.25) is 0 Å². The van der Waals surface area contributed by atoms with E-state index in [-0.39, 0.29) is 0 Å². The Hall–Kier alpha value is -0.770. The molecular formula is C8H16O8. The number of ether oxygens (including phenoxy) is 1. The summed E-state index contributed by atoms with van der Waals surface area (Å²) in [4.78, 5) is 10.8. The molecule has 0 aliphatic carbocycles. The number of hydrogen-bond donors (Lipinski definition) is 6. The molecule has 0 radical (unpaired) electrons. The molecular weight excluding hydrogens is 224 g/mol. The van der Waals surface area contributed by atoms with Crippen molar-refractivity contribution in [2.75, 3.05) is 13.7 Å². The van der Waals surface area contributed by atoms with Crippen molar-refractivity contribution in [2.24, 2.45) is 0 Å². The largest absolute Gasteiger partial charge is 0.467 e. The van der Waals surface area contributed by atoms with Crippen LogP contribution in [0.5, 0.6) is 0 Å². The van der Waals surface area contributed by atoms with Crippen molar-refractivity contribution in [2.45, 2.75) is 30.5 Å². The number of carbonyl (C=O) groups is 1. The van der Waals surface area contributed by atoms with E-state index >= 15 is 0 Å².